The van der Waals surface area contributed by atoms with Gasteiger partial charge in [0.15, 0.2) is 0 Å². The fourth-order valence-corrected chi connectivity index (χ4v) is 6.40. The van der Waals surface area contributed by atoms with Gasteiger partial charge in [-0.1, -0.05) is 77.6 Å². The number of amides is 2. The van der Waals surface area contributed by atoms with Crippen LogP contribution in [0, 0.1) is 6.92 Å². The summed E-state index contributed by atoms with van der Waals surface area (Å²) >= 11 is 19.3. The molecule has 0 aliphatic carbocycles. The van der Waals surface area contributed by atoms with Crippen LogP contribution >= 0.6 is 34.8 Å². The number of rotatable bonds is 11. The van der Waals surface area contributed by atoms with Crippen molar-refractivity contribution in [3.05, 3.63) is 92.9 Å². The van der Waals surface area contributed by atoms with Crippen LogP contribution < -0.4 is 9.62 Å². The number of hydrogen-bond donors (Lipinski definition) is 1. The Balaban J connectivity index is 2.12. The number of hydrogen-bond acceptors (Lipinski definition) is 4. The summed E-state index contributed by atoms with van der Waals surface area (Å²) in [5, 5.41) is 3.64. The van der Waals surface area contributed by atoms with E-state index in [0.29, 0.717) is 15.6 Å². The number of aryl methyl sites for hydroxylation is 1. The Morgan fingerprint density at radius 1 is 0.875 bits per heavy atom. The van der Waals surface area contributed by atoms with Gasteiger partial charge in [0.05, 0.1) is 15.6 Å². The monoisotopic (exact) mass is 623 g/mol. The van der Waals surface area contributed by atoms with Gasteiger partial charge in [-0.2, -0.15) is 0 Å². The maximum Gasteiger partial charge on any atom is 0.264 e. The third-order valence-electron chi connectivity index (χ3n) is 6.22. The first-order valence-electron chi connectivity index (χ1n) is 12.7. The molecule has 7 nitrogen and oxygen atoms in total. The fraction of sp³-hybridized carbons (Fsp3) is 0.310. The molecule has 0 fully saturated rings. The molecule has 0 heterocycles. The fourth-order valence-electron chi connectivity index (χ4n) is 4.16. The van der Waals surface area contributed by atoms with Gasteiger partial charge in [-0.15, -0.1) is 0 Å². The van der Waals surface area contributed by atoms with Crippen molar-refractivity contribution in [3.63, 3.8) is 0 Å². The second-order valence-electron chi connectivity index (χ2n) is 9.59. The van der Waals surface area contributed by atoms with Gasteiger partial charge in [-0.3, -0.25) is 13.9 Å². The highest BCUT2D eigenvalue weighted by Crippen LogP contribution is 2.32. The lowest BCUT2D eigenvalue weighted by Crippen LogP contribution is -2.53. The normalized spacial score (nSPS) is 12.2. The van der Waals surface area contributed by atoms with Crippen molar-refractivity contribution in [2.75, 3.05) is 10.8 Å². The number of nitrogens with one attached hydrogen (secondary N) is 1. The van der Waals surface area contributed by atoms with E-state index in [1.54, 1.807) is 55.5 Å². The molecular weight excluding hydrogens is 593 g/mol. The maximum atomic E-state index is 14.1. The van der Waals surface area contributed by atoms with E-state index in [1.165, 1.54) is 23.1 Å². The highest BCUT2D eigenvalue weighted by molar-refractivity contribution is 7.92. The Bertz CT molecular complexity index is 1440. The first kappa shape index (κ1) is 31.7. The van der Waals surface area contributed by atoms with Crippen molar-refractivity contribution in [1.29, 1.82) is 0 Å². The van der Waals surface area contributed by atoms with E-state index in [1.807, 2.05) is 20.8 Å². The molecule has 11 heteroatoms. The van der Waals surface area contributed by atoms with Crippen molar-refractivity contribution in [3.8, 4) is 0 Å². The molecule has 0 saturated heterocycles. The Morgan fingerprint density at radius 2 is 1.45 bits per heavy atom. The van der Waals surface area contributed by atoms with Crippen molar-refractivity contribution in [1.82, 2.24) is 10.2 Å². The molecule has 0 unspecified atom stereocenters. The summed E-state index contributed by atoms with van der Waals surface area (Å²) in [5.41, 5.74) is 1.46. The quantitative estimate of drug-likeness (QED) is 0.265. The number of benzene rings is 3. The van der Waals surface area contributed by atoms with Crippen LogP contribution in [0.3, 0.4) is 0 Å². The Kier molecular flexibility index (Phi) is 10.9. The first-order valence-corrected chi connectivity index (χ1v) is 15.3. The zero-order valence-corrected chi connectivity index (χ0v) is 25.8. The SMILES string of the molecule is CC[C@H](C(=O)NC(C)C)N(Cc1c(Cl)cccc1Cl)C(=O)CN(c1ccccc1Cl)S(=O)(=O)c1ccc(C)cc1. The van der Waals surface area contributed by atoms with Gasteiger partial charge in [0.2, 0.25) is 11.8 Å². The third-order valence-corrected chi connectivity index (χ3v) is 9.02. The molecule has 0 aromatic heterocycles. The minimum atomic E-state index is -4.23. The van der Waals surface area contributed by atoms with E-state index < -0.39 is 28.5 Å². The predicted molar refractivity (Wildman–Crippen MR) is 162 cm³/mol. The van der Waals surface area contributed by atoms with Crippen LogP contribution in [0.4, 0.5) is 5.69 Å². The molecule has 0 spiro atoms. The summed E-state index contributed by atoms with van der Waals surface area (Å²) in [7, 11) is -4.23. The van der Waals surface area contributed by atoms with E-state index in [2.05, 4.69) is 5.32 Å². The van der Waals surface area contributed by atoms with Crippen LogP contribution in [0.25, 0.3) is 0 Å². The zero-order valence-electron chi connectivity index (χ0n) is 22.7. The Morgan fingerprint density at radius 3 is 2.00 bits per heavy atom. The molecule has 3 aromatic carbocycles. The minimum Gasteiger partial charge on any atom is -0.352 e. The summed E-state index contributed by atoms with van der Waals surface area (Å²) in [6.45, 7) is 6.52. The molecule has 0 saturated carbocycles. The van der Waals surface area contributed by atoms with E-state index in [-0.39, 0.29) is 40.5 Å². The number of sulfonamides is 1. The van der Waals surface area contributed by atoms with Gasteiger partial charge < -0.3 is 10.2 Å². The van der Waals surface area contributed by atoms with Gasteiger partial charge >= 0.3 is 0 Å². The number of carbonyl (C=O) groups excluding carboxylic acids is 2. The standard InChI is InChI=1S/C29H32Cl3N3O4S/c1-5-26(29(37)33-19(2)3)34(17-22-23(30)10-8-11-24(22)31)28(36)18-35(27-12-7-6-9-25(27)32)40(38,39)21-15-13-20(4)14-16-21/h6-16,19,26H,5,17-18H2,1-4H3,(H,33,37)/t26-/m1/s1. The molecule has 1 atom stereocenters. The summed E-state index contributed by atoms with van der Waals surface area (Å²) < 4.78 is 28.8. The summed E-state index contributed by atoms with van der Waals surface area (Å²) in [5.74, 6) is -1.00. The van der Waals surface area contributed by atoms with E-state index >= 15 is 0 Å². The van der Waals surface area contributed by atoms with Crippen LogP contribution in [0.5, 0.6) is 0 Å². The number of halogens is 3. The lowest BCUT2D eigenvalue weighted by atomic mass is 10.1. The van der Waals surface area contributed by atoms with Crippen LogP contribution in [-0.2, 0) is 26.2 Å². The number of nitrogens with zero attached hydrogens (tertiary/aromatic N) is 2. The van der Waals surface area contributed by atoms with Crippen molar-refractivity contribution >= 4 is 62.3 Å². The van der Waals surface area contributed by atoms with Crippen molar-refractivity contribution in [2.45, 2.75) is 57.6 Å². The predicted octanol–water partition coefficient (Wildman–Crippen LogP) is 6.48. The summed E-state index contributed by atoms with van der Waals surface area (Å²) in [6.07, 6.45) is 0.267. The van der Waals surface area contributed by atoms with E-state index in [9.17, 15) is 18.0 Å². The smallest absolute Gasteiger partial charge is 0.264 e. The number of carbonyl (C=O) groups is 2. The second kappa shape index (κ2) is 13.7. The van der Waals surface area contributed by atoms with Gasteiger partial charge in [0, 0.05) is 28.2 Å². The van der Waals surface area contributed by atoms with Crippen LogP contribution in [0.1, 0.15) is 38.3 Å². The molecular formula is C29H32Cl3N3O4S. The second-order valence-corrected chi connectivity index (χ2v) is 12.7. The average molecular weight is 625 g/mol. The number of para-hydroxylation sites is 1. The molecule has 1 N–H and O–H groups in total. The van der Waals surface area contributed by atoms with E-state index in [0.717, 1.165) is 9.87 Å². The van der Waals surface area contributed by atoms with E-state index in [4.69, 9.17) is 34.8 Å². The van der Waals surface area contributed by atoms with Gasteiger partial charge in [0.25, 0.3) is 10.0 Å². The lowest BCUT2D eigenvalue weighted by Gasteiger charge is -2.34. The number of anilines is 1. The average Bonchev–Trinajstić information content (AvgIpc) is 2.89. The van der Waals surface area contributed by atoms with Crippen LogP contribution in [0.2, 0.25) is 15.1 Å². The molecule has 40 heavy (non-hydrogen) atoms. The molecule has 0 radical (unpaired) electrons. The largest absolute Gasteiger partial charge is 0.352 e. The summed E-state index contributed by atoms with van der Waals surface area (Å²) in [6, 6.07) is 16.5. The topological polar surface area (TPSA) is 86.8 Å². The van der Waals surface area contributed by atoms with Crippen LogP contribution in [0.15, 0.2) is 71.6 Å². The minimum absolute atomic E-state index is 0.00360. The van der Waals surface area contributed by atoms with Gasteiger partial charge in [-0.25, -0.2) is 8.42 Å². The first-order chi connectivity index (χ1) is 18.9. The van der Waals surface area contributed by atoms with Crippen molar-refractivity contribution in [2.24, 2.45) is 0 Å². The van der Waals surface area contributed by atoms with Gasteiger partial charge in [-0.05, 0) is 63.6 Å². The third kappa shape index (κ3) is 7.49. The zero-order chi connectivity index (χ0) is 29.6. The van der Waals surface area contributed by atoms with Crippen molar-refractivity contribution < 1.29 is 18.0 Å². The highest BCUT2D eigenvalue weighted by atomic mass is 35.5. The summed E-state index contributed by atoms with van der Waals surface area (Å²) in [4.78, 5) is 28.6. The molecule has 3 aromatic rings. The molecule has 0 aliphatic rings. The highest BCUT2D eigenvalue weighted by Gasteiger charge is 2.35. The lowest BCUT2D eigenvalue weighted by molar-refractivity contribution is -0.140. The Hall–Kier alpha value is -2.78. The molecule has 0 bridgehead atoms. The van der Waals surface area contributed by atoms with Gasteiger partial charge in [0.1, 0.15) is 12.6 Å². The molecule has 214 valence electrons. The maximum absolute atomic E-state index is 14.1. The van der Waals surface area contributed by atoms with Crippen LogP contribution in [-0.4, -0.2) is 43.8 Å². The molecule has 3 rings (SSSR count). The molecule has 2 amide bonds. The Labute approximate surface area is 251 Å². The molecule has 0 aliphatic heterocycles.